The standard InChI is InChI=1S/C54H67FN14O7S2.3H2S/c1-32-33(2)64-65-48(32)63-49-38-26-44(78(74,75)54(4,5)6)43(27-39(38)59-31-60-49)76-25-9-17-66-21-23-67(24-22-66)45-29-57-40(28-58-45)52(72)68-19-15-35(16-20-68)46(62-50(71)34(3)56-7)53(73)69-18-8-10-42(69)51-61-41(30-77-51)47(70)36-11-13-37(55)14-12-36;;;/h11-14,26-31,34-35,42,46,56H,8-10,15-25H2,1-7H3,(H,62,71)(H2,59,60,63,64,65);3*1H2/t34-,42-,46-;;;/m0.../s1. The van der Waals surface area contributed by atoms with E-state index in [0.717, 1.165) is 37.3 Å². The summed E-state index contributed by atoms with van der Waals surface area (Å²) in [6.07, 6.45) is 7.51. The summed E-state index contributed by atoms with van der Waals surface area (Å²) in [5.74, 6) is 0.0840. The van der Waals surface area contributed by atoms with E-state index in [9.17, 15) is 32.0 Å². The van der Waals surface area contributed by atoms with Crippen molar-refractivity contribution >= 4 is 114 Å². The van der Waals surface area contributed by atoms with Crippen LogP contribution in [0.5, 0.6) is 5.75 Å². The Morgan fingerprint density at radius 1 is 0.889 bits per heavy atom. The molecule has 3 atom stereocenters. The van der Waals surface area contributed by atoms with E-state index >= 15 is 0 Å². The van der Waals surface area contributed by atoms with Gasteiger partial charge in [-0.25, -0.2) is 37.7 Å². The van der Waals surface area contributed by atoms with Gasteiger partial charge in [-0.15, -0.1) is 11.3 Å². The molecule has 27 heteroatoms. The molecule has 0 saturated carbocycles. The van der Waals surface area contributed by atoms with Crippen molar-refractivity contribution in [2.45, 2.75) is 101 Å². The maximum Gasteiger partial charge on any atom is 0.274 e. The number of rotatable bonds is 18. The van der Waals surface area contributed by atoms with Crippen molar-refractivity contribution < 1.29 is 36.7 Å². The summed E-state index contributed by atoms with van der Waals surface area (Å²) in [7, 11) is -2.17. The number of aryl methyl sites for hydroxylation is 1. The highest BCUT2D eigenvalue weighted by atomic mass is 32.2. The van der Waals surface area contributed by atoms with E-state index < -0.39 is 32.5 Å². The van der Waals surface area contributed by atoms with Crippen molar-refractivity contribution in [3.63, 3.8) is 0 Å². The van der Waals surface area contributed by atoms with Crippen molar-refractivity contribution in [2.75, 3.05) is 76.2 Å². The number of sulfone groups is 1. The number of piperazine rings is 1. The van der Waals surface area contributed by atoms with Crippen LogP contribution < -0.4 is 25.6 Å². The Labute approximate surface area is 496 Å². The number of fused-ring (bicyclic) bond motifs is 1. The maximum absolute atomic E-state index is 14.6. The number of carbonyl (C=O) groups excluding carboxylic acids is 4. The lowest BCUT2D eigenvalue weighted by Crippen LogP contribution is -2.57. The van der Waals surface area contributed by atoms with Crippen molar-refractivity contribution in [1.82, 2.24) is 60.5 Å². The quantitative estimate of drug-likeness (QED) is 0.0557. The Kier molecular flexibility index (Phi) is 21.7. The average Bonchev–Trinajstić information content (AvgIpc) is 4.24. The van der Waals surface area contributed by atoms with Gasteiger partial charge in [0, 0.05) is 86.0 Å². The predicted octanol–water partition coefficient (Wildman–Crippen LogP) is 6.14. The van der Waals surface area contributed by atoms with Crippen LogP contribution in [-0.2, 0) is 19.4 Å². The van der Waals surface area contributed by atoms with E-state index in [0.29, 0.717) is 97.3 Å². The number of likely N-dealkylation sites (tertiary alicyclic amines) is 2. The minimum absolute atomic E-state index is 0. The van der Waals surface area contributed by atoms with Gasteiger partial charge in [0.1, 0.15) is 56.9 Å². The normalized spacial score (nSPS) is 16.9. The zero-order chi connectivity index (χ0) is 55.5. The summed E-state index contributed by atoms with van der Waals surface area (Å²) in [6, 6.07) is 6.78. The van der Waals surface area contributed by atoms with Crippen molar-refractivity contribution in [2.24, 2.45) is 5.92 Å². The lowest BCUT2D eigenvalue weighted by atomic mass is 9.88. The minimum Gasteiger partial charge on any atom is -0.492 e. The van der Waals surface area contributed by atoms with E-state index in [1.807, 2.05) is 13.8 Å². The lowest BCUT2D eigenvalue weighted by Gasteiger charge is -2.38. The van der Waals surface area contributed by atoms with Gasteiger partial charge in [0.05, 0.1) is 41.3 Å². The Balaban J connectivity index is 0.00000352. The van der Waals surface area contributed by atoms with Crippen LogP contribution in [-0.4, -0.2) is 165 Å². The first-order valence-electron chi connectivity index (χ1n) is 26.4. The summed E-state index contributed by atoms with van der Waals surface area (Å²) in [5, 5.41) is 19.3. The van der Waals surface area contributed by atoms with E-state index in [2.05, 4.69) is 60.9 Å². The van der Waals surface area contributed by atoms with Gasteiger partial charge in [-0.2, -0.15) is 45.6 Å². The van der Waals surface area contributed by atoms with E-state index in [-0.39, 0.29) is 105 Å². The van der Waals surface area contributed by atoms with Crippen molar-refractivity contribution in [1.29, 1.82) is 0 Å². The Morgan fingerprint density at radius 3 is 2.25 bits per heavy atom. The third-order valence-corrected chi connectivity index (χ3v) is 18.5. The number of aromatic amines is 1. The number of benzene rings is 2. The number of hydrogen-bond acceptors (Lipinski definition) is 18. The minimum atomic E-state index is -3.84. The molecule has 0 unspecified atom stereocenters. The van der Waals surface area contributed by atoms with Crippen LogP contribution in [0.15, 0.2) is 65.4 Å². The highest BCUT2D eigenvalue weighted by Gasteiger charge is 2.42. The first-order chi connectivity index (χ1) is 37.3. The molecule has 81 heavy (non-hydrogen) atoms. The zero-order valence-corrected chi connectivity index (χ0v) is 51.1. The second-order valence-electron chi connectivity index (χ2n) is 21.1. The number of thiazole rings is 1. The van der Waals surface area contributed by atoms with Crippen LogP contribution in [0.4, 0.5) is 21.8 Å². The zero-order valence-electron chi connectivity index (χ0n) is 46.5. The number of ketones is 1. The number of hydrogen-bond donors (Lipinski definition) is 4. The molecule has 2 aromatic carbocycles. The molecule has 0 radical (unpaired) electrons. The van der Waals surface area contributed by atoms with Crippen LogP contribution in [0.2, 0.25) is 0 Å². The molecule has 4 aromatic heterocycles. The summed E-state index contributed by atoms with van der Waals surface area (Å²) in [6.45, 7) is 15.6. The summed E-state index contributed by atoms with van der Waals surface area (Å²) < 4.78 is 46.7. The number of H-pyrrole nitrogens is 1. The van der Waals surface area contributed by atoms with Crippen molar-refractivity contribution in [3.05, 3.63) is 99.5 Å². The van der Waals surface area contributed by atoms with Gasteiger partial charge in [-0.05, 0) is 117 Å². The van der Waals surface area contributed by atoms with Gasteiger partial charge in [-0.3, -0.25) is 29.2 Å². The number of nitrogens with one attached hydrogen (secondary N) is 4. The van der Waals surface area contributed by atoms with Gasteiger partial charge in [-0.1, -0.05) is 0 Å². The average molecular weight is 1210 g/mol. The van der Waals surface area contributed by atoms with Crippen LogP contribution in [0.25, 0.3) is 10.9 Å². The molecule has 3 aliphatic heterocycles. The van der Waals surface area contributed by atoms with Gasteiger partial charge in [0.15, 0.2) is 15.7 Å². The molecule has 7 heterocycles. The lowest BCUT2D eigenvalue weighted by molar-refractivity contribution is -0.139. The molecule has 9 rings (SSSR count). The monoisotopic (exact) mass is 1210 g/mol. The number of ether oxygens (including phenoxy) is 1. The number of nitrogens with zero attached hydrogens (tertiary/aromatic N) is 10. The molecule has 3 fully saturated rings. The van der Waals surface area contributed by atoms with Gasteiger partial charge < -0.3 is 35.4 Å². The molecular formula is C54H73FN14O7S5. The fraction of sp³-hybridized carbons (Fsp3) is 0.481. The van der Waals surface area contributed by atoms with Crippen molar-refractivity contribution in [3.8, 4) is 5.75 Å². The largest absolute Gasteiger partial charge is 0.492 e. The van der Waals surface area contributed by atoms with Crippen LogP contribution >= 0.6 is 51.8 Å². The molecule has 21 nitrogen and oxygen atoms in total. The SMILES string of the molecule is CN[C@@H](C)C(=O)N[C@H](C(=O)N1CCC[C@H]1c1nc(C(=O)c2ccc(F)cc2)cs1)C1CCN(C(=O)c2cnc(N3CCN(CCCOc4cc5ncnc(Nc6n[nH]c(C)c6C)c5cc4S(=O)(=O)C(C)(C)C)CC3)cn2)CC1.S.S.S. The molecule has 0 spiro atoms. The second kappa shape index (κ2) is 27.4. The van der Waals surface area contributed by atoms with E-state index in [4.69, 9.17) is 4.74 Å². The Morgan fingerprint density at radius 2 is 1.60 bits per heavy atom. The van der Waals surface area contributed by atoms with Crippen LogP contribution in [0.1, 0.15) is 109 Å². The highest BCUT2D eigenvalue weighted by Crippen LogP contribution is 2.39. The molecule has 438 valence electrons. The summed E-state index contributed by atoms with van der Waals surface area (Å²) in [5.41, 5.74) is 3.11. The molecule has 3 saturated heterocycles. The number of piperidine rings is 1. The highest BCUT2D eigenvalue weighted by molar-refractivity contribution is 7.92. The maximum atomic E-state index is 14.6. The molecule has 6 aromatic rings. The fourth-order valence-electron chi connectivity index (χ4n) is 9.95. The molecule has 3 amide bonds. The third kappa shape index (κ3) is 14.3. The smallest absolute Gasteiger partial charge is 0.274 e. The van der Waals surface area contributed by atoms with Crippen LogP contribution in [0, 0.1) is 25.6 Å². The van der Waals surface area contributed by atoms with Gasteiger partial charge in [0.25, 0.3) is 5.91 Å². The molecule has 4 N–H and O–H groups in total. The molecule has 3 aliphatic rings. The number of carbonyl (C=O) groups is 4. The van der Waals surface area contributed by atoms with E-state index in [1.54, 1.807) is 68.3 Å². The first-order valence-corrected chi connectivity index (χ1v) is 28.7. The van der Waals surface area contributed by atoms with Gasteiger partial charge >= 0.3 is 0 Å². The fourth-order valence-corrected chi connectivity index (χ4v) is 12.2. The predicted molar refractivity (Wildman–Crippen MR) is 324 cm³/mol. The topological polar surface area (TPSA) is 254 Å². The molecule has 0 bridgehead atoms. The number of anilines is 3. The third-order valence-electron chi connectivity index (χ3n) is 15.1. The molecular weight excluding hydrogens is 1140 g/mol. The Hall–Kier alpha value is -5.97. The van der Waals surface area contributed by atoms with E-state index in [1.165, 1.54) is 48.1 Å². The first kappa shape index (κ1) is 64.2. The molecule has 0 aliphatic carbocycles. The summed E-state index contributed by atoms with van der Waals surface area (Å²) >= 11 is 1.30. The number of aromatic nitrogens is 7. The van der Waals surface area contributed by atoms with Crippen LogP contribution in [0.3, 0.4) is 0 Å². The number of halogens is 1. The number of amides is 3. The second-order valence-corrected chi connectivity index (χ2v) is 24.7. The van der Waals surface area contributed by atoms with Gasteiger partial charge in [0.2, 0.25) is 17.6 Å². The number of likely N-dealkylation sites (N-methyl/N-ethyl adjacent to an activating group) is 1. The Bertz CT molecular complexity index is 3270. The summed E-state index contributed by atoms with van der Waals surface area (Å²) in [4.78, 5) is 85.6.